The summed E-state index contributed by atoms with van der Waals surface area (Å²) in [4.78, 5) is 5.13. The van der Waals surface area contributed by atoms with Crippen LogP contribution >= 0.6 is 11.3 Å². The van der Waals surface area contributed by atoms with Crippen molar-refractivity contribution in [3.05, 3.63) is 21.9 Å². The molecule has 1 unspecified atom stereocenters. The minimum Gasteiger partial charge on any atom is -0.383 e. The van der Waals surface area contributed by atoms with Crippen molar-refractivity contribution in [3.63, 3.8) is 0 Å². The molecule has 2 nitrogen and oxygen atoms in total. The molecule has 0 aliphatic heterocycles. The molecule has 0 fully saturated rings. The average Bonchev–Trinajstić information content (AvgIpc) is 2.60. The fraction of sp³-hybridized carbons (Fsp3) is 0.636. The van der Waals surface area contributed by atoms with E-state index in [1.807, 2.05) is 11.3 Å². The van der Waals surface area contributed by atoms with Gasteiger partial charge in [0.2, 0.25) is 0 Å². The lowest BCUT2D eigenvalue weighted by Crippen LogP contribution is -2.25. The molecule has 0 N–H and O–H groups in total. The number of rotatable bonds is 5. The third-order valence-electron chi connectivity index (χ3n) is 2.48. The van der Waals surface area contributed by atoms with Crippen LogP contribution in [0.5, 0.6) is 0 Å². The lowest BCUT2D eigenvalue weighted by molar-refractivity contribution is 0.144. The largest absolute Gasteiger partial charge is 0.383 e. The molecule has 0 aromatic carbocycles. The summed E-state index contributed by atoms with van der Waals surface area (Å²) in [5.74, 6) is 0. The van der Waals surface area contributed by atoms with Gasteiger partial charge in [0.1, 0.15) is 0 Å². The molecule has 1 atom stereocenters. The van der Waals surface area contributed by atoms with E-state index in [-0.39, 0.29) is 0 Å². The summed E-state index contributed by atoms with van der Waals surface area (Å²) in [6.45, 7) is 6.16. The molecule has 0 radical (unpaired) electrons. The number of likely N-dealkylation sites (N-methyl/N-ethyl adjacent to an activating group) is 1. The SMILES string of the molecule is COCCN(C)C(C)c1ccc(C)s1. The highest BCUT2D eigenvalue weighted by Crippen LogP contribution is 2.25. The predicted molar refractivity (Wildman–Crippen MR) is 62.0 cm³/mol. The van der Waals surface area contributed by atoms with Gasteiger partial charge in [0.15, 0.2) is 0 Å². The molecule has 0 aliphatic carbocycles. The average molecular weight is 213 g/mol. The Bertz CT molecular complexity index is 272. The van der Waals surface area contributed by atoms with Crippen LogP contribution in [0.1, 0.15) is 22.7 Å². The smallest absolute Gasteiger partial charge is 0.0589 e. The van der Waals surface area contributed by atoms with Crippen LogP contribution in [-0.2, 0) is 4.74 Å². The lowest BCUT2D eigenvalue weighted by Gasteiger charge is -2.23. The Kier molecular flexibility index (Phi) is 4.58. The van der Waals surface area contributed by atoms with Crippen molar-refractivity contribution >= 4 is 11.3 Å². The van der Waals surface area contributed by atoms with Gasteiger partial charge in [-0.05, 0) is 33.0 Å². The minimum atomic E-state index is 0.490. The van der Waals surface area contributed by atoms with E-state index in [0.29, 0.717) is 6.04 Å². The van der Waals surface area contributed by atoms with Crippen molar-refractivity contribution in [1.82, 2.24) is 4.90 Å². The van der Waals surface area contributed by atoms with E-state index in [1.165, 1.54) is 9.75 Å². The molecule has 0 spiro atoms. The lowest BCUT2D eigenvalue weighted by atomic mass is 10.2. The van der Waals surface area contributed by atoms with Crippen LogP contribution in [-0.4, -0.2) is 32.2 Å². The van der Waals surface area contributed by atoms with E-state index in [4.69, 9.17) is 4.74 Å². The minimum absolute atomic E-state index is 0.490. The van der Waals surface area contributed by atoms with Gasteiger partial charge in [-0.25, -0.2) is 0 Å². The van der Waals surface area contributed by atoms with Gasteiger partial charge in [-0.2, -0.15) is 0 Å². The Morgan fingerprint density at radius 3 is 2.71 bits per heavy atom. The number of hydrogen-bond acceptors (Lipinski definition) is 3. The second-order valence-corrected chi connectivity index (χ2v) is 4.92. The number of nitrogens with zero attached hydrogens (tertiary/aromatic N) is 1. The molecule has 1 aromatic heterocycles. The second kappa shape index (κ2) is 5.49. The third kappa shape index (κ3) is 3.08. The molecule has 0 saturated carbocycles. The van der Waals surface area contributed by atoms with E-state index in [0.717, 1.165) is 13.2 Å². The second-order valence-electron chi connectivity index (χ2n) is 3.60. The summed E-state index contributed by atoms with van der Waals surface area (Å²) in [7, 11) is 3.88. The number of aryl methyl sites for hydroxylation is 1. The molecule has 1 rings (SSSR count). The molecule has 80 valence electrons. The zero-order valence-corrected chi connectivity index (χ0v) is 10.2. The van der Waals surface area contributed by atoms with E-state index in [9.17, 15) is 0 Å². The van der Waals surface area contributed by atoms with Crippen LogP contribution in [0.3, 0.4) is 0 Å². The van der Waals surface area contributed by atoms with E-state index < -0.39 is 0 Å². The maximum absolute atomic E-state index is 5.07. The molecule has 3 heteroatoms. The van der Waals surface area contributed by atoms with Gasteiger partial charge in [-0.1, -0.05) is 0 Å². The molecule has 1 heterocycles. The first kappa shape index (κ1) is 11.7. The number of thiophene rings is 1. The molecular formula is C11H19NOS. The Labute approximate surface area is 90.5 Å². The first-order chi connectivity index (χ1) is 6.65. The van der Waals surface area contributed by atoms with Gasteiger partial charge in [0, 0.05) is 29.5 Å². The van der Waals surface area contributed by atoms with Crippen molar-refractivity contribution in [3.8, 4) is 0 Å². The summed E-state index contributed by atoms with van der Waals surface area (Å²) in [5.41, 5.74) is 0. The summed E-state index contributed by atoms with van der Waals surface area (Å²) in [6.07, 6.45) is 0. The molecule has 0 amide bonds. The van der Waals surface area contributed by atoms with Crippen molar-refractivity contribution in [1.29, 1.82) is 0 Å². The van der Waals surface area contributed by atoms with Crippen LogP contribution in [0, 0.1) is 6.92 Å². The van der Waals surface area contributed by atoms with Gasteiger partial charge < -0.3 is 4.74 Å². The van der Waals surface area contributed by atoms with Crippen LogP contribution in [0.25, 0.3) is 0 Å². The number of hydrogen-bond donors (Lipinski definition) is 0. The van der Waals surface area contributed by atoms with E-state index in [1.54, 1.807) is 7.11 Å². The number of methoxy groups -OCH3 is 1. The quantitative estimate of drug-likeness (QED) is 0.745. The van der Waals surface area contributed by atoms with Crippen molar-refractivity contribution in [2.45, 2.75) is 19.9 Å². The van der Waals surface area contributed by atoms with Gasteiger partial charge in [-0.3, -0.25) is 4.90 Å². The molecule has 0 bridgehead atoms. The van der Waals surface area contributed by atoms with Crippen LogP contribution in [0.2, 0.25) is 0 Å². The van der Waals surface area contributed by atoms with E-state index in [2.05, 4.69) is 37.9 Å². The number of ether oxygens (including phenoxy) is 1. The van der Waals surface area contributed by atoms with Gasteiger partial charge in [0.25, 0.3) is 0 Å². The molecule has 0 saturated heterocycles. The third-order valence-corrected chi connectivity index (χ3v) is 3.65. The van der Waals surface area contributed by atoms with Gasteiger partial charge in [-0.15, -0.1) is 11.3 Å². The van der Waals surface area contributed by atoms with Crippen LogP contribution < -0.4 is 0 Å². The van der Waals surface area contributed by atoms with Crippen molar-refractivity contribution in [2.75, 3.05) is 27.3 Å². The standard InChI is InChI=1S/C11H19NOS/c1-9-5-6-11(14-9)10(2)12(3)7-8-13-4/h5-6,10H,7-8H2,1-4H3. The molecule has 0 aliphatic rings. The fourth-order valence-corrected chi connectivity index (χ4v) is 2.32. The summed E-state index contributed by atoms with van der Waals surface area (Å²) >= 11 is 1.88. The van der Waals surface area contributed by atoms with Gasteiger partial charge >= 0.3 is 0 Å². The first-order valence-electron chi connectivity index (χ1n) is 4.90. The highest BCUT2D eigenvalue weighted by atomic mass is 32.1. The van der Waals surface area contributed by atoms with Crippen molar-refractivity contribution < 1.29 is 4.74 Å². The monoisotopic (exact) mass is 213 g/mol. The summed E-state index contributed by atoms with van der Waals surface area (Å²) < 4.78 is 5.07. The maximum Gasteiger partial charge on any atom is 0.0589 e. The Hall–Kier alpha value is -0.380. The van der Waals surface area contributed by atoms with Gasteiger partial charge in [0.05, 0.1) is 6.61 Å². The first-order valence-corrected chi connectivity index (χ1v) is 5.72. The van der Waals surface area contributed by atoms with E-state index >= 15 is 0 Å². The Morgan fingerprint density at radius 1 is 1.50 bits per heavy atom. The Balaban J connectivity index is 2.51. The van der Waals surface area contributed by atoms with Crippen molar-refractivity contribution in [2.24, 2.45) is 0 Å². The predicted octanol–water partition coefficient (Wildman–Crippen LogP) is 2.70. The highest BCUT2D eigenvalue weighted by Gasteiger charge is 2.12. The highest BCUT2D eigenvalue weighted by molar-refractivity contribution is 7.12. The topological polar surface area (TPSA) is 12.5 Å². The molecular weight excluding hydrogens is 194 g/mol. The maximum atomic E-state index is 5.07. The Morgan fingerprint density at radius 2 is 2.21 bits per heavy atom. The molecule has 14 heavy (non-hydrogen) atoms. The van der Waals surface area contributed by atoms with Crippen LogP contribution in [0.4, 0.5) is 0 Å². The zero-order valence-electron chi connectivity index (χ0n) is 9.41. The summed E-state index contributed by atoms with van der Waals surface area (Å²) in [6, 6.07) is 4.89. The summed E-state index contributed by atoms with van der Waals surface area (Å²) in [5, 5.41) is 0. The molecule has 1 aromatic rings. The zero-order chi connectivity index (χ0) is 10.6. The van der Waals surface area contributed by atoms with Crippen LogP contribution in [0.15, 0.2) is 12.1 Å². The fourth-order valence-electron chi connectivity index (χ4n) is 1.32. The normalized spacial score (nSPS) is 13.5.